The van der Waals surface area contributed by atoms with E-state index in [0.29, 0.717) is 18.0 Å². The quantitative estimate of drug-likeness (QED) is 0.787. The molecule has 5 nitrogen and oxygen atoms in total. The molecule has 0 saturated carbocycles. The Morgan fingerprint density at radius 2 is 2.22 bits per heavy atom. The van der Waals surface area contributed by atoms with E-state index in [-0.39, 0.29) is 12.1 Å². The summed E-state index contributed by atoms with van der Waals surface area (Å²) in [5.74, 6) is 0.201. The third kappa shape index (κ3) is 3.91. The van der Waals surface area contributed by atoms with E-state index >= 15 is 0 Å². The van der Waals surface area contributed by atoms with Gasteiger partial charge in [-0.15, -0.1) is 0 Å². The molecule has 1 heterocycles. The molecule has 0 spiro atoms. The van der Waals surface area contributed by atoms with Crippen LogP contribution in [0.1, 0.15) is 27.2 Å². The lowest BCUT2D eigenvalue weighted by atomic mass is 10.2. The molecule has 1 N–H and O–H groups in total. The zero-order valence-electron chi connectivity index (χ0n) is 11.3. The van der Waals surface area contributed by atoms with Crippen molar-refractivity contribution in [1.82, 2.24) is 4.98 Å². The molecule has 0 aliphatic carbocycles. The number of hydrogen-bond acceptors (Lipinski definition) is 5. The van der Waals surface area contributed by atoms with Crippen LogP contribution in [0.5, 0.6) is 5.88 Å². The van der Waals surface area contributed by atoms with Crippen LogP contribution in [0.2, 0.25) is 0 Å². The molecule has 0 fully saturated rings. The average molecular weight is 252 g/mol. The first-order chi connectivity index (χ1) is 8.58. The highest BCUT2D eigenvalue weighted by Gasteiger charge is 2.18. The van der Waals surface area contributed by atoms with Crippen LogP contribution in [0.15, 0.2) is 18.3 Å². The fourth-order valence-corrected chi connectivity index (χ4v) is 1.48. The molecule has 1 unspecified atom stereocenters. The van der Waals surface area contributed by atoms with Gasteiger partial charge in [0.05, 0.1) is 18.9 Å². The van der Waals surface area contributed by atoms with Gasteiger partial charge >= 0.3 is 5.97 Å². The molecule has 0 aliphatic rings. The van der Waals surface area contributed by atoms with Gasteiger partial charge in [0.2, 0.25) is 5.88 Å². The number of methoxy groups -OCH3 is 1. The van der Waals surface area contributed by atoms with Gasteiger partial charge in [0.25, 0.3) is 0 Å². The van der Waals surface area contributed by atoms with Gasteiger partial charge in [-0.25, -0.2) is 9.78 Å². The molecule has 0 aliphatic heterocycles. The van der Waals surface area contributed by atoms with Gasteiger partial charge in [0.1, 0.15) is 6.04 Å². The summed E-state index contributed by atoms with van der Waals surface area (Å²) in [6.45, 7) is 5.76. The van der Waals surface area contributed by atoms with E-state index in [9.17, 15) is 4.79 Å². The Bertz CT molecular complexity index is 394. The van der Waals surface area contributed by atoms with Gasteiger partial charge in [-0.05, 0) is 32.4 Å². The second-order valence-electron chi connectivity index (χ2n) is 4.15. The average Bonchev–Trinajstić information content (AvgIpc) is 2.36. The Hall–Kier alpha value is -1.78. The lowest BCUT2D eigenvalue weighted by molar-refractivity contribution is -0.141. The van der Waals surface area contributed by atoms with Gasteiger partial charge in [-0.2, -0.15) is 0 Å². The summed E-state index contributed by atoms with van der Waals surface area (Å²) in [6, 6.07) is 3.23. The van der Waals surface area contributed by atoms with E-state index in [1.807, 2.05) is 26.8 Å². The van der Waals surface area contributed by atoms with Crippen molar-refractivity contribution in [2.24, 2.45) is 0 Å². The van der Waals surface area contributed by atoms with Crippen molar-refractivity contribution >= 4 is 11.7 Å². The van der Waals surface area contributed by atoms with Crippen LogP contribution >= 0.6 is 0 Å². The molecule has 0 aromatic carbocycles. The van der Waals surface area contributed by atoms with Crippen LogP contribution in [0.25, 0.3) is 0 Å². The second-order valence-corrected chi connectivity index (χ2v) is 4.15. The predicted octanol–water partition coefficient (Wildman–Crippen LogP) is 2.23. The van der Waals surface area contributed by atoms with Crippen LogP contribution in [0.3, 0.4) is 0 Å². The topological polar surface area (TPSA) is 60.5 Å². The minimum Gasteiger partial charge on any atom is -0.473 e. The minimum absolute atomic E-state index is 0.0265. The first-order valence-electron chi connectivity index (χ1n) is 6.04. The summed E-state index contributed by atoms with van der Waals surface area (Å²) in [4.78, 5) is 15.7. The lowest BCUT2D eigenvalue weighted by Gasteiger charge is -2.18. The van der Waals surface area contributed by atoms with E-state index in [1.165, 1.54) is 7.11 Å². The Morgan fingerprint density at radius 1 is 1.50 bits per heavy atom. The van der Waals surface area contributed by atoms with Crippen molar-refractivity contribution in [3.63, 3.8) is 0 Å². The Kier molecular flexibility index (Phi) is 5.42. The third-order valence-corrected chi connectivity index (χ3v) is 2.34. The standard InChI is InChI=1S/C13H20N2O3/c1-5-10(13(16)17-4)15-11-7-6-8-14-12(11)18-9(2)3/h6-10,15H,5H2,1-4H3. The molecule has 1 aromatic heterocycles. The number of carbonyl (C=O) groups is 1. The normalized spacial score (nSPS) is 12.1. The molecular formula is C13H20N2O3. The van der Waals surface area contributed by atoms with Crippen LogP contribution in [0.4, 0.5) is 5.69 Å². The zero-order chi connectivity index (χ0) is 13.5. The van der Waals surface area contributed by atoms with Gasteiger partial charge < -0.3 is 14.8 Å². The third-order valence-electron chi connectivity index (χ3n) is 2.34. The van der Waals surface area contributed by atoms with Gasteiger partial charge in [0, 0.05) is 6.20 Å². The van der Waals surface area contributed by atoms with Gasteiger partial charge in [-0.3, -0.25) is 0 Å². The Morgan fingerprint density at radius 3 is 2.78 bits per heavy atom. The number of rotatable bonds is 6. The predicted molar refractivity (Wildman–Crippen MR) is 69.7 cm³/mol. The van der Waals surface area contributed by atoms with Crippen molar-refractivity contribution in [3.05, 3.63) is 18.3 Å². The Labute approximate surface area is 108 Å². The molecule has 1 rings (SSSR count). The molecule has 5 heteroatoms. The van der Waals surface area contributed by atoms with Crippen molar-refractivity contribution in [3.8, 4) is 5.88 Å². The highest BCUT2D eigenvalue weighted by atomic mass is 16.5. The molecule has 100 valence electrons. The van der Waals surface area contributed by atoms with E-state index < -0.39 is 6.04 Å². The van der Waals surface area contributed by atoms with Crippen molar-refractivity contribution in [2.75, 3.05) is 12.4 Å². The smallest absolute Gasteiger partial charge is 0.328 e. The number of anilines is 1. The maximum absolute atomic E-state index is 11.5. The Balaban J connectivity index is 2.85. The molecular weight excluding hydrogens is 232 g/mol. The number of ether oxygens (including phenoxy) is 2. The number of aromatic nitrogens is 1. The van der Waals surface area contributed by atoms with E-state index in [4.69, 9.17) is 9.47 Å². The molecule has 0 saturated heterocycles. The first kappa shape index (κ1) is 14.3. The number of nitrogens with zero attached hydrogens (tertiary/aromatic N) is 1. The van der Waals surface area contributed by atoms with E-state index in [0.717, 1.165) is 0 Å². The van der Waals surface area contributed by atoms with Crippen LogP contribution in [-0.4, -0.2) is 30.2 Å². The number of carbonyl (C=O) groups excluding carboxylic acids is 1. The first-order valence-corrected chi connectivity index (χ1v) is 6.04. The zero-order valence-corrected chi connectivity index (χ0v) is 11.3. The molecule has 1 aromatic rings. The van der Waals surface area contributed by atoms with E-state index in [1.54, 1.807) is 12.3 Å². The maximum atomic E-state index is 11.5. The van der Waals surface area contributed by atoms with E-state index in [2.05, 4.69) is 10.3 Å². The molecule has 0 amide bonds. The van der Waals surface area contributed by atoms with Crippen LogP contribution < -0.4 is 10.1 Å². The van der Waals surface area contributed by atoms with Crippen molar-refractivity contribution < 1.29 is 14.3 Å². The summed E-state index contributed by atoms with van der Waals surface area (Å²) in [5, 5.41) is 3.09. The fourth-order valence-electron chi connectivity index (χ4n) is 1.48. The number of hydrogen-bond donors (Lipinski definition) is 1. The lowest BCUT2D eigenvalue weighted by Crippen LogP contribution is -2.30. The number of nitrogens with one attached hydrogen (secondary N) is 1. The summed E-state index contributed by atoms with van der Waals surface area (Å²) in [5.41, 5.74) is 0.698. The second kappa shape index (κ2) is 6.83. The number of pyridine rings is 1. The minimum atomic E-state index is -0.395. The van der Waals surface area contributed by atoms with Crippen molar-refractivity contribution in [2.45, 2.75) is 39.3 Å². The fraction of sp³-hybridized carbons (Fsp3) is 0.538. The molecule has 1 atom stereocenters. The molecule has 0 radical (unpaired) electrons. The van der Waals surface area contributed by atoms with Crippen LogP contribution in [-0.2, 0) is 9.53 Å². The maximum Gasteiger partial charge on any atom is 0.328 e. The van der Waals surface area contributed by atoms with Crippen molar-refractivity contribution in [1.29, 1.82) is 0 Å². The summed E-state index contributed by atoms with van der Waals surface area (Å²) in [6.07, 6.45) is 2.31. The van der Waals surface area contributed by atoms with Gasteiger partial charge in [-0.1, -0.05) is 6.92 Å². The summed E-state index contributed by atoms with van der Waals surface area (Å²) >= 11 is 0. The molecule has 18 heavy (non-hydrogen) atoms. The highest BCUT2D eigenvalue weighted by molar-refractivity contribution is 5.79. The van der Waals surface area contributed by atoms with Crippen LogP contribution in [0, 0.1) is 0 Å². The number of esters is 1. The molecule has 0 bridgehead atoms. The monoisotopic (exact) mass is 252 g/mol. The SMILES string of the molecule is CCC(Nc1cccnc1OC(C)C)C(=O)OC. The largest absolute Gasteiger partial charge is 0.473 e. The highest BCUT2D eigenvalue weighted by Crippen LogP contribution is 2.23. The summed E-state index contributed by atoms with van der Waals surface area (Å²) in [7, 11) is 1.38. The van der Waals surface area contributed by atoms with Gasteiger partial charge in [0.15, 0.2) is 0 Å². The summed E-state index contributed by atoms with van der Waals surface area (Å²) < 4.78 is 10.3.